The average molecular weight is 236 g/mol. The van der Waals surface area contributed by atoms with Gasteiger partial charge in [-0.15, -0.1) is 0 Å². The minimum absolute atomic E-state index is 0.674. The second kappa shape index (κ2) is 4.89. The summed E-state index contributed by atoms with van der Waals surface area (Å²) in [4.78, 5) is 2.59. The molecule has 2 atom stereocenters. The number of hydrogen-bond acceptors (Lipinski definition) is 2. The molecule has 3 rings (SSSR count). The van der Waals surface area contributed by atoms with E-state index in [0.29, 0.717) is 5.41 Å². The van der Waals surface area contributed by atoms with Crippen molar-refractivity contribution in [2.45, 2.75) is 44.9 Å². The third-order valence-electron chi connectivity index (χ3n) is 5.72. The Morgan fingerprint density at radius 1 is 1.12 bits per heavy atom. The zero-order valence-electron chi connectivity index (χ0n) is 11.4. The number of likely N-dealkylation sites (tertiary alicyclic amines) is 1. The Balaban J connectivity index is 1.77. The highest BCUT2D eigenvalue weighted by atomic mass is 15.1. The Hall–Kier alpha value is -0.0800. The molecule has 1 N–H and O–H groups in total. The van der Waals surface area contributed by atoms with Crippen LogP contribution in [0.3, 0.4) is 0 Å². The maximum absolute atomic E-state index is 3.68. The van der Waals surface area contributed by atoms with E-state index in [1.807, 2.05) is 0 Å². The molecule has 2 heterocycles. The average Bonchev–Trinajstić information content (AvgIpc) is 2.83. The van der Waals surface area contributed by atoms with E-state index in [9.17, 15) is 0 Å². The first-order chi connectivity index (χ1) is 8.30. The van der Waals surface area contributed by atoms with E-state index < -0.39 is 0 Å². The maximum atomic E-state index is 3.68. The molecule has 2 saturated heterocycles. The van der Waals surface area contributed by atoms with Gasteiger partial charge in [0.2, 0.25) is 0 Å². The maximum Gasteiger partial charge on any atom is 0.00386 e. The first-order valence-corrected chi connectivity index (χ1v) is 7.69. The molecule has 1 saturated carbocycles. The number of hydrogen-bond donors (Lipinski definition) is 1. The van der Waals surface area contributed by atoms with Crippen LogP contribution in [0.25, 0.3) is 0 Å². The summed E-state index contributed by atoms with van der Waals surface area (Å²) in [6.07, 6.45) is 10.4. The zero-order valence-corrected chi connectivity index (χ0v) is 11.4. The van der Waals surface area contributed by atoms with E-state index in [-0.39, 0.29) is 0 Å². The third kappa shape index (κ3) is 2.26. The molecule has 1 aliphatic carbocycles. The van der Waals surface area contributed by atoms with E-state index in [2.05, 4.69) is 17.3 Å². The molecule has 0 radical (unpaired) electrons. The summed E-state index contributed by atoms with van der Waals surface area (Å²) in [6, 6.07) is 0. The summed E-state index contributed by atoms with van der Waals surface area (Å²) in [5, 5.41) is 3.68. The first kappa shape index (κ1) is 12.0. The summed E-state index contributed by atoms with van der Waals surface area (Å²) in [5.41, 5.74) is 0.674. The first-order valence-electron chi connectivity index (χ1n) is 7.69. The molecule has 0 aromatic heterocycles. The lowest BCUT2D eigenvalue weighted by Gasteiger charge is -2.51. The Kier molecular flexibility index (Phi) is 3.45. The Labute approximate surface area is 106 Å². The van der Waals surface area contributed by atoms with Crippen LogP contribution >= 0.6 is 0 Å². The van der Waals surface area contributed by atoms with Crippen molar-refractivity contribution >= 4 is 0 Å². The van der Waals surface area contributed by atoms with Crippen molar-refractivity contribution in [3.05, 3.63) is 0 Å². The van der Waals surface area contributed by atoms with Crippen molar-refractivity contribution in [2.24, 2.45) is 17.3 Å². The second-order valence-corrected chi connectivity index (χ2v) is 6.81. The summed E-state index contributed by atoms with van der Waals surface area (Å²) in [6.45, 7) is 5.26. The lowest BCUT2D eigenvalue weighted by Crippen LogP contribution is -2.54. The number of nitrogens with one attached hydrogen (secondary N) is 1. The molecule has 2 nitrogen and oxygen atoms in total. The van der Waals surface area contributed by atoms with E-state index in [1.54, 1.807) is 0 Å². The predicted molar refractivity (Wildman–Crippen MR) is 72.1 cm³/mol. The van der Waals surface area contributed by atoms with Crippen LogP contribution in [-0.2, 0) is 0 Å². The monoisotopic (exact) mass is 236 g/mol. The molecule has 17 heavy (non-hydrogen) atoms. The van der Waals surface area contributed by atoms with Gasteiger partial charge in [0.25, 0.3) is 0 Å². The third-order valence-corrected chi connectivity index (χ3v) is 5.72. The van der Waals surface area contributed by atoms with Gasteiger partial charge in [-0.05, 0) is 63.2 Å². The highest BCUT2D eigenvalue weighted by molar-refractivity contribution is 4.98. The summed E-state index contributed by atoms with van der Waals surface area (Å²) >= 11 is 0. The van der Waals surface area contributed by atoms with Gasteiger partial charge in [-0.2, -0.15) is 0 Å². The van der Waals surface area contributed by atoms with Gasteiger partial charge in [0.1, 0.15) is 0 Å². The van der Waals surface area contributed by atoms with Crippen LogP contribution in [0.5, 0.6) is 0 Å². The van der Waals surface area contributed by atoms with Gasteiger partial charge in [0.15, 0.2) is 0 Å². The van der Waals surface area contributed by atoms with Crippen LogP contribution in [-0.4, -0.2) is 38.1 Å². The smallest absolute Gasteiger partial charge is 0.00386 e. The van der Waals surface area contributed by atoms with Crippen molar-refractivity contribution in [2.75, 3.05) is 33.2 Å². The zero-order chi connectivity index (χ0) is 11.7. The minimum Gasteiger partial charge on any atom is -0.316 e. The van der Waals surface area contributed by atoms with Crippen molar-refractivity contribution in [3.8, 4) is 0 Å². The van der Waals surface area contributed by atoms with Gasteiger partial charge in [-0.1, -0.05) is 25.7 Å². The largest absolute Gasteiger partial charge is 0.316 e. The molecule has 2 aliphatic heterocycles. The van der Waals surface area contributed by atoms with E-state index in [4.69, 9.17) is 0 Å². The summed E-state index contributed by atoms with van der Waals surface area (Å²) < 4.78 is 0. The fourth-order valence-electron chi connectivity index (χ4n) is 4.93. The SMILES string of the molecule is CN1CCCC2(CCNCC2C2CCCC2)C1. The normalized spacial score (nSPS) is 41.1. The van der Waals surface area contributed by atoms with Gasteiger partial charge >= 0.3 is 0 Å². The van der Waals surface area contributed by atoms with Crippen LogP contribution in [0.1, 0.15) is 44.9 Å². The van der Waals surface area contributed by atoms with E-state index in [1.165, 1.54) is 71.1 Å². The quantitative estimate of drug-likeness (QED) is 0.752. The number of rotatable bonds is 1. The van der Waals surface area contributed by atoms with Crippen molar-refractivity contribution in [1.29, 1.82) is 0 Å². The molecule has 0 amide bonds. The number of piperidine rings is 2. The van der Waals surface area contributed by atoms with Crippen molar-refractivity contribution < 1.29 is 0 Å². The van der Waals surface area contributed by atoms with Crippen molar-refractivity contribution in [3.63, 3.8) is 0 Å². The topological polar surface area (TPSA) is 15.3 Å². The standard InChI is InChI=1S/C15H28N2/c1-17-10-4-7-15(12-17)8-9-16-11-14(15)13-5-2-3-6-13/h13-14,16H,2-12H2,1H3. The fraction of sp³-hybridized carbons (Fsp3) is 1.00. The summed E-state index contributed by atoms with van der Waals surface area (Å²) in [5.74, 6) is 2.01. The molecule has 3 fully saturated rings. The van der Waals surface area contributed by atoms with Gasteiger partial charge in [-0.25, -0.2) is 0 Å². The van der Waals surface area contributed by atoms with E-state index in [0.717, 1.165) is 11.8 Å². The van der Waals surface area contributed by atoms with Gasteiger partial charge < -0.3 is 10.2 Å². The van der Waals surface area contributed by atoms with Gasteiger partial charge in [-0.3, -0.25) is 0 Å². The number of nitrogens with zero attached hydrogens (tertiary/aromatic N) is 1. The highest BCUT2D eigenvalue weighted by Gasteiger charge is 2.46. The molecule has 0 bridgehead atoms. The molecule has 3 aliphatic rings. The van der Waals surface area contributed by atoms with Gasteiger partial charge in [0.05, 0.1) is 0 Å². The lowest BCUT2D eigenvalue weighted by molar-refractivity contribution is -0.00629. The molecule has 2 unspecified atom stereocenters. The van der Waals surface area contributed by atoms with Crippen LogP contribution in [0.4, 0.5) is 0 Å². The molecule has 98 valence electrons. The van der Waals surface area contributed by atoms with Crippen LogP contribution in [0.15, 0.2) is 0 Å². The van der Waals surface area contributed by atoms with Gasteiger partial charge in [0, 0.05) is 6.54 Å². The Bertz CT molecular complexity index is 256. The van der Waals surface area contributed by atoms with Crippen molar-refractivity contribution in [1.82, 2.24) is 10.2 Å². The Morgan fingerprint density at radius 2 is 1.94 bits per heavy atom. The minimum atomic E-state index is 0.674. The molecule has 0 aromatic rings. The Morgan fingerprint density at radius 3 is 2.71 bits per heavy atom. The second-order valence-electron chi connectivity index (χ2n) is 6.81. The van der Waals surface area contributed by atoms with E-state index >= 15 is 0 Å². The molecular formula is C15H28N2. The van der Waals surface area contributed by atoms with Crippen LogP contribution < -0.4 is 5.32 Å². The molecule has 0 aromatic carbocycles. The lowest BCUT2D eigenvalue weighted by atomic mass is 9.61. The van der Waals surface area contributed by atoms with Crippen LogP contribution in [0.2, 0.25) is 0 Å². The summed E-state index contributed by atoms with van der Waals surface area (Å²) in [7, 11) is 2.33. The predicted octanol–water partition coefficient (Wildman–Crippen LogP) is 2.50. The molecular weight excluding hydrogens is 208 g/mol. The molecule has 1 spiro atoms. The fourth-order valence-corrected chi connectivity index (χ4v) is 4.93. The molecule has 2 heteroatoms. The highest BCUT2D eigenvalue weighted by Crippen LogP contribution is 2.48. The van der Waals surface area contributed by atoms with Crippen LogP contribution in [0, 0.1) is 17.3 Å².